The minimum absolute atomic E-state index is 0.0246. The van der Waals surface area contributed by atoms with E-state index in [0.717, 1.165) is 0 Å². The van der Waals surface area contributed by atoms with Crippen LogP contribution in [0.3, 0.4) is 0 Å². The summed E-state index contributed by atoms with van der Waals surface area (Å²) in [5, 5.41) is 2.74. The maximum Gasteiger partial charge on any atom is 0.255 e. The average molecular weight is 202 g/mol. The molecule has 4 heteroatoms. The van der Waals surface area contributed by atoms with E-state index >= 15 is 0 Å². The summed E-state index contributed by atoms with van der Waals surface area (Å²) >= 11 is 5.56. The van der Waals surface area contributed by atoms with E-state index in [4.69, 9.17) is 16.0 Å². The number of rotatable bonds is 3. The first-order valence-corrected chi connectivity index (χ1v) is 4.59. The van der Waals surface area contributed by atoms with Crippen LogP contribution in [0.1, 0.15) is 23.0 Å². The maximum atomic E-state index is 11.5. The van der Waals surface area contributed by atoms with Gasteiger partial charge in [-0.15, -0.1) is 11.6 Å². The van der Waals surface area contributed by atoms with Crippen LogP contribution in [0.5, 0.6) is 0 Å². The lowest BCUT2D eigenvalue weighted by Crippen LogP contribution is -2.33. The summed E-state index contributed by atoms with van der Waals surface area (Å²) in [5.74, 6) is 0.890. The van der Waals surface area contributed by atoms with Gasteiger partial charge < -0.3 is 9.73 Å². The summed E-state index contributed by atoms with van der Waals surface area (Å²) in [5.41, 5.74) is 0.567. The Balaban J connectivity index is 2.64. The van der Waals surface area contributed by atoms with Crippen molar-refractivity contribution in [2.24, 2.45) is 0 Å². The molecule has 0 fully saturated rings. The van der Waals surface area contributed by atoms with Gasteiger partial charge >= 0.3 is 0 Å². The molecule has 0 aliphatic carbocycles. The molecule has 1 aromatic heterocycles. The lowest BCUT2D eigenvalue weighted by atomic mass is 10.2. The van der Waals surface area contributed by atoms with E-state index in [1.807, 2.05) is 6.92 Å². The molecule has 0 radical (unpaired) electrons. The van der Waals surface area contributed by atoms with Crippen LogP contribution in [0.25, 0.3) is 0 Å². The smallest absolute Gasteiger partial charge is 0.255 e. The van der Waals surface area contributed by atoms with Crippen LogP contribution in [-0.4, -0.2) is 17.8 Å². The summed E-state index contributed by atoms with van der Waals surface area (Å²) < 4.78 is 5.01. The molecule has 1 heterocycles. The fraction of sp³-hybridized carbons (Fsp3) is 0.444. The molecule has 0 aliphatic rings. The monoisotopic (exact) mass is 201 g/mol. The standard InChI is InChI=1S/C9H12ClNO2/c1-6(5-10)11-9(12)8-3-4-13-7(8)2/h3-4,6H,5H2,1-2H3,(H,11,12). The second-order valence-corrected chi connectivity index (χ2v) is 3.23. The molecule has 1 unspecified atom stereocenters. The van der Waals surface area contributed by atoms with Crippen LogP contribution in [0.2, 0.25) is 0 Å². The number of amides is 1. The van der Waals surface area contributed by atoms with Crippen LogP contribution in [0, 0.1) is 6.92 Å². The van der Waals surface area contributed by atoms with Gasteiger partial charge in [-0.2, -0.15) is 0 Å². The van der Waals surface area contributed by atoms with Gasteiger partial charge in [0, 0.05) is 11.9 Å². The van der Waals surface area contributed by atoms with Gasteiger partial charge in [-0.3, -0.25) is 4.79 Å². The molecule has 0 bridgehead atoms. The Morgan fingerprint density at radius 1 is 1.77 bits per heavy atom. The van der Waals surface area contributed by atoms with Gasteiger partial charge in [-0.25, -0.2) is 0 Å². The van der Waals surface area contributed by atoms with Crippen molar-refractivity contribution in [2.45, 2.75) is 19.9 Å². The van der Waals surface area contributed by atoms with Gasteiger partial charge in [0.2, 0.25) is 0 Å². The SMILES string of the molecule is Cc1occc1C(=O)NC(C)CCl. The summed E-state index contributed by atoms with van der Waals surface area (Å²) in [6, 6.07) is 1.62. The third-order valence-corrected chi connectivity index (χ3v) is 2.18. The van der Waals surface area contributed by atoms with Crippen molar-refractivity contribution in [1.82, 2.24) is 5.32 Å². The van der Waals surface area contributed by atoms with E-state index in [-0.39, 0.29) is 11.9 Å². The summed E-state index contributed by atoms with van der Waals surface area (Å²) in [4.78, 5) is 11.5. The predicted molar refractivity (Wildman–Crippen MR) is 51.1 cm³/mol. The van der Waals surface area contributed by atoms with Crippen molar-refractivity contribution in [3.63, 3.8) is 0 Å². The lowest BCUT2D eigenvalue weighted by Gasteiger charge is -2.09. The molecule has 13 heavy (non-hydrogen) atoms. The fourth-order valence-electron chi connectivity index (χ4n) is 0.961. The van der Waals surface area contributed by atoms with Crippen molar-refractivity contribution in [2.75, 3.05) is 5.88 Å². The highest BCUT2D eigenvalue weighted by atomic mass is 35.5. The van der Waals surface area contributed by atoms with Gasteiger partial charge in [-0.05, 0) is 19.9 Å². The van der Waals surface area contributed by atoms with E-state index < -0.39 is 0 Å². The fourth-order valence-corrected chi connectivity index (χ4v) is 1.04. The van der Waals surface area contributed by atoms with Crippen LogP contribution < -0.4 is 5.32 Å². The first-order valence-electron chi connectivity index (χ1n) is 4.06. The third-order valence-electron chi connectivity index (χ3n) is 1.71. The van der Waals surface area contributed by atoms with Crippen LogP contribution in [-0.2, 0) is 0 Å². The first-order chi connectivity index (χ1) is 6.15. The number of aryl methyl sites for hydroxylation is 1. The first kappa shape index (κ1) is 10.1. The molecule has 0 spiro atoms. The third kappa shape index (κ3) is 2.49. The number of hydrogen-bond donors (Lipinski definition) is 1. The van der Waals surface area contributed by atoms with Crippen molar-refractivity contribution < 1.29 is 9.21 Å². The topological polar surface area (TPSA) is 42.2 Å². The average Bonchev–Trinajstić information content (AvgIpc) is 2.51. The molecule has 1 rings (SSSR count). The largest absolute Gasteiger partial charge is 0.469 e. The van der Waals surface area contributed by atoms with E-state index in [1.54, 1.807) is 13.0 Å². The van der Waals surface area contributed by atoms with Crippen molar-refractivity contribution in [3.8, 4) is 0 Å². The van der Waals surface area contributed by atoms with Gasteiger partial charge in [0.05, 0.1) is 11.8 Å². The van der Waals surface area contributed by atoms with Gasteiger partial charge in [0.25, 0.3) is 5.91 Å². The van der Waals surface area contributed by atoms with E-state index in [1.165, 1.54) is 6.26 Å². The number of carbonyl (C=O) groups is 1. The molecule has 0 saturated heterocycles. The number of furan rings is 1. The number of alkyl halides is 1. The Morgan fingerprint density at radius 3 is 2.92 bits per heavy atom. The summed E-state index contributed by atoms with van der Waals surface area (Å²) in [6.45, 7) is 3.60. The highest BCUT2D eigenvalue weighted by Crippen LogP contribution is 2.08. The van der Waals surface area contributed by atoms with E-state index in [0.29, 0.717) is 17.2 Å². The highest BCUT2D eigenvalue weighted by Gasteiger charge is 2.12. The minimum atomic E-state index is -0.139. The molecule has 3 nitrogen and oxygen atoms in total. The van der Waals surface area contributed by atoms with Crippen molar-refractivity contribution in [3.05, 3.63) is 23.7 Å². The second kappa shape index (κ2) is 4.33. The molecular weight excluding hydrogens is 190 g/mol. The van der Waals surface area contributed by atoms with Gasteiger partial charge in [0.15, 0.2) is 0 Å². The normalized spacial score (nSPS) is 12.5. The molecule has 72 valence electrons. The Kier molecular flexibility index (Phi) is 3.37. The molecule has 1 amide bonds. The van der Waals surface area contributed by atoms with Crippen molar-refractivity contribution in [1.29, 1.82) is 0 Å². The molecule has 0 saturated carbocycles. The number of halogens is 1. The Hall–Kier alpha value is -0.960. The summed E-state index contributed by atoms with van der Waals surface area (Å²) in [6.07, 6.45) is 1.50. The predicted octanol–water partition coefficient (Wildman–Crippen LogP) is 1.95. The second-order valence-electron chi connectivity index (χ2n) is 2.92. The Morgan fingerprint density at radius 2 is 2.46 bits per heavy atom. The van der Waals surface area contributed by atoms with Crippen LogP contribution >= 0.6 is 11.6 Å². The molecule has 0 aromatic carbocycles. The molecule has 1 atom stereocenters. The highest BCUT2D eigenvalue weighted by molar-refractivity contribution is 6.18. The number of hydrogen-bond acceptors (Lipinski definition) is 2. The van der Waals surface area contributed by atoms with Crippen LogP contribution in [0.15, 0.2) is 16.7 Å². The Bertz CT molecular complexity index is 296. The van der Waals surface area contributed by atoms with Gasteiger partial charge in [0.1, 0.15) is 5.76 Å². The molecule has 1 N–H and O–H groups in total. The Labute approximate surface area is 82.1 Å². The lowest BCUT2D eigenvalue weighted by molar-refractivity contribution is 0.0942. The minimum Gasteiger partial charge on any atom is -0.469 e. The quantitative estimate of drug-likeness (QED) is 0.760. The van der Waals surface area contributed by atoms with Crippen molar-refractivity contribution >= 4 is 17.5 Å². The molecule has 1 aromatic rings. The number of carbonyl (C=O) groups excluding carboxylic acids is 1. The maximum absolute atomic E-state index is 11.5. The zero-order valence-electron chi connectivity index (χ0n) is 7.63. The van der Waals surface area contributed by atoms with Gasteiger partial charge in [-0.1, -0.05) is 0 Å². The summed E-state index contributed by atoms with van der Waals surface area (Å²) in [7, 11) is 0. The molecular formula is C9H12ClNO2. The van der Waals surface area contributed by atoms with E-state index in [9.17, 15) is 4.79 Å². The zero-order valence-corrected chi connectivity index (χ0v) is 8.39. The zero-order chi connectivity index (χ0) is 9.84. The molecule has 0 aliphatic heterocycles. The van der Waals surface area contributed by atoms with Crippen LogP contribution in [0.4, 0.5) is 0 Å². The van der Waals surface area contributed by atoms with E-state index in [2.05, 4.69) is 5.32 Å². The number of nitrogens with one attached hydrogen (secondary N) is 1.